The Morgan fingerprint density at radius 2 is 1.79 bits per heavy atom. The second-order valence-electron chi connectivity index (χ2n) is 4.62. The van der Waals surface area contributed by atoms with E-state index in [4.69, 9.17) is 5.73 Å². The Labute approximate surface area is 129 Å². The van der Waals surface area contributed by atoms with Crippen molar-refractivity contribution in [2.24, 2.45) is 5.73 Å². The number of hydrogen-bond donors (Lipinski definition) is 1. The first kappa shape index (κ1) is 14.7. The van der Waals surface area contributed by atoms with Crippen molar-refractivity contribution in [3.8, 4) is 0 Å². The molecule has 19 heavy (non-hydrogen) atoms. The number of nitrogens with two attached hydrogens (primary N) is 1. The summed E-state index contributed by atoms with van der Waals surface area (Å²) in [6, 6.07) is 8.71. The Hall–Kier alpha value is -0.710. The molecule has 1 atom stereocenters. The lowest BCUT2D eigenvalue weighted by Gasteiger charge is -2.18. The maximum atomic E-state index is 14.2. The van der Waals surface area contributed by atoms with Crippen LogP contribution in [0.5, 0.6) is 0 Å². The van der Waals surface area contributed by atoms with Gasteiger partial charge in [0.2, 0.25) is 0 Å². The van der Waals surface area contributed by atoms with E-state index in [0.29, 0.717) is 5.56 Å². The molecule has 0 amide bonds. The van der Waals surface area contributed by atoms with Crippen molar-refractivity contribution in [3.05, 3.63) is 67.3 Å². The highest BCUT2D eigenvalue weighted by Gasteiger charge is 2.19. The third kappa shape index (κ3) is 3.07. The van der Waals surface area contributed by atoms with Crippen molar-refractivity contribution in [3.63, 3.8) is 0 Å². The fraction of sp³-hybridized carbons (Fsp3) is 0.200. The maximum absolute atomic E-state index is 14.2. The zero-order valence-electron chi connectivity index (χ0n) is 10.7. The fourth-order valence-corrected chi connectivity index (χ4v) is 3.10. The fourth-order valence-electron chi connectivity index (χ4n) is 2.23. The number of rotatable bonds is 2. The normalized spacial score (nSPS) is 12.5. The molecule has 0 saturated carbocycles. The average molecular weight is 387 g/mol. The molecule has 1 nitrogen and oxygen atoms in total. The predicted molar refractivity (Wildman–Crippen MR) is 83.7 cm³/mol. The van der Waals surface area contributed by atoms with Crippen molar-refractivity contribution in [1.29, 1.82) is 0 Å². The monoisotopic (exact) mass is 385 g/mol. The molecule has 0 bridgehead atoms. The summed E-state index contributed by atoms with van der Waals surface area (Å²) in [6.07, 6.45) is 0. The van der Waals surface area contributed by atoms with Crippen molar-refractivity contribution >= 4 is 31.9 Å². The Kier molecular flexibility index (Phi) is 4.43. The zero-order valence-corrected chi connectivity index (χ0v) is 13.8. The van der Waals surface area contributed by atoms with Gasteiger partial charge in [-0.1, -0.05) is 37.9 Å². The van der Waals surface area contributed by atoms with Crippen LogP contribution >= 0.6 is 31.9 Å². The summed E-state index contributed by atoms with van der Waals surface area (Å²) >= 11 is 6.88. The van der Waals surface area contributed by atoms with E-state index >= 15 is 0 Å². The predicted octanol–water partition coefficient (Wildman–Crippen LogP) is 5.02. The van der Waals surface area contributed by atoms with Gasteiger partial charge in [0.1, 0.15) is 5.82 Å². The minimum Gasteiger partial charge on any atom is -0.320 e. The summed E-state index contributed by atoms with van der Waals surface area (Å²) in [5.41, 5.74) is 9.43. The number of halogens is 3. The molecule has 1 unspecified atom stereocenters. The van der Waals surface area contributed by atoms with Crippen LogP contribution < -0.4 is 5.73 Å². The first-order valence-corrected chi connectivity index (χ1v) is 7.46. The molecule has 0 radical (unpaired) electrons. The second kappa shape index (κ2) is 5.73. The van der Waals surface area contributed by atoms with Gasteiger partial charge in [0, 0.05) is 14.5 Å². The van der Waals surface area contributed by atoms with Gasteiger partial charge >= 0.3 is 0 Å². The van der Waals surface area contributed by atoms with E-state index in [0.717, 1.165) is 25.6 Å². The van der Waals surface area contributed by atoms with Crippen molar-refractivity contribution in [2.75, 3.05) is 0 Å². The van der Waals surface area contributed by atoms with E-state index in [1.807, 2.05) is 38.1 Å². The minimum atomic E-state index is -0.493. The summed E-state index contributed by atoms with van der Waals surface area (Å²) in [4.78, 5) is 0. The van der Waals surface area contributed by atoms with Gasteiger partial charge < -0.3 is 5.73 Å². The molecule has 0 aliphatic rings. The van der Waals surface area contributed by atoms with Crippen LogP contribution in [0.1, 0.15) is 28.3 Å². The molecule has 0 spiro atoms. The second-order valence-corrected chi connectivity index (χ2v) is 6.39. The quantitative estimate of drug-likeness (QED) is 0.770. The van der Waals surface area contributed by atoms with Crippen LogP contribution in [0.3, 0.4) is 0 Å². The van der Waals surface area contributed by atoms with Crippen molar-refractivity contribution in [1.82, 2.24) is 0 Å². The van der Waals surface area contributed by atoms with Gasteiger partial charge in [0.05, 0.1) is 6.04 Å². The molecule has 2 N–H and O–H groups in total. The molecule has 0 aliphatic heterocycles. The van der Waals surface area contributed by atoms with Gasteiger partial charge in [-0.05, 0) is 54.8 Å². The topological polar surface area (TPSA) is 26.0 Å². The Morgan fingerprint density at radius 3 is 2.42 bits per heavy atom. The van der Waals surface area contributed by atoms with Gasteiger partial charge in [-0.25, -0.2) is 4.39 Å². The van der Waals surface area contributed by atoms with E-state index in [1.165, 1.54) is 6.07 Å². The van der Waals surface area contributed by atoms with Gasteiger partial charge in [-0.3, -0.25) is 0 Å². The molecule has 0 saturated heterocycles. The van der Waals surface area contributed by atoms with Crippen LogP contribution in [-0.2, 0) is 0 Å². The molecule has 2 rings (SSSR count). The highest BCUT2D eigenvalue weighted by atomic mass is 79.9. The molecule has 2 aromatic rings. The lowest BCUT2D eigenvalue weighted by atomic mass is 9.94. The molecule has 0 aromatic heterocycles. The molecular weight excluding hydrogens is 373 g/mol. The highest BCUT2D eigenvalue weighted by Crippen LogP contribution is 2.32. The molecule has 100 valence electrons. The summed E-state index contributed by atoms with van der Waals surface area (Å²) in [6.45, 7) is 3.76. The largest absolute Gasteiger partial charge is 0.320 e. The summed E-state index contributed by atoms with van der Waals surface area (Å²) < 4.78 is 16.0. The molecular formula is C15H14Br2FN. The zero-order chi connectivity index (χ0) is 14.2. The SMILES string of the molecule is Cc1cc(C)c(C(N)c2cc(Br)ccc2Br)c(F)c1. The van der Waals surface area contributed by atoms with Gasteiger partial charge in [-0.15, -0.1) is 0 Å². The van der Waals surface area contributed by atoms with Crippen molar-refractivity contribution < 1.29 is 4.39 Å². The number of benzene rings is 2. The van der Waals surface area contributed by atoms with Crippen LogP contribution in [0.25, 0.3) is 0 Å². The third-order valence-corrected chi connectivity index (χ3v) is 4.30. The van der Waals surface area contributed by atoms with Gasteiger partial charge in [-0.2, -0.15) is 0 Å². The average Bonchev–Trinajstić information content (AvgIpc) is 2.30. The van der Waals surface area contributed by atoms with Crippen LogP contribution in [0.4, 0.5) is 4.39 Å². The summed E-state index contributed by atoms with van der Waals surface area (Å²) in [7, 11) is 0. The summed E-state index contributed by atoms with van der Waals surface area (Å²) in [5.74, 6) is -0.253. The first-order chi connectivity index (χ1) is 8.90. The van der Waals surface area contributed by atoms with E-state index in [1.54, 1.807) is 0 Å². The minimum absolute atomic E-state index is 0.253. The Balaban J connectivity index is 2.56. The van der Waals surface area contributed by atoms with Crippen LogP contribution in [-0.4, -0.2) is 0 Å². The van der Waals surface area contributed by atoms with Crippen LogP contribution in [0.2, 0.25) is 0 Å². The van der Waals surface area contributed by atoms with Crippen LogP contribution in [0, 0.1) is 19.7 Å². The smallest absolute Gasteiger partial charge is 0.128 e. The lowest BCUT2D eigenvalue weighted by Crippen LogP contribution is -2.16. The molecule has 0 aliphatic carbocycles. The first-order valence-electron chi connectivity index (χ1n) is 5.87. The molecule has 4 heteroatoms. The lowest BCUT2D eigenvalue weighted by molar-refractivity contribution is 0.595. The molecule has 2 aromatic carbocycles. The van der Waals surface area contributed by atoms with E-state index in [-0.39, 0.29) is 5.82 Å². The Bertz CT molecular complexity index is 603. The van der Waals surface area contributed by atoms with Crippen molar-refractivity contribution in [2.45, 2.75) is 19.9 Å². The van der Waals surface area contributed by atoms with E-state index in [2.05, 4.69) is 31.9 Å². The van der Waals surface area contributed by atoms with Gasteiger partial charge in [0.15, 0.2) is 0 Å². The molecule has 0 fully saturated rings. The van der Waals surface area contributed by atoms with E-state index < -0.39 is 6.04 Å². The highest BCUT2D eigenvalue weighted by molar-refractivity contribution is 9.11. The number of hydrogen-bond acceptors (Lipinski definition) is 1. The standard InChI is InChI=1S/C15H14Br2FN/c1-8-5-9(2)14(13(18)6-8)15(19)11-7-10(16)3-4-12(11)17/h3-7,15H,19H2,1-2H3. The van der Waals surface area contributed by atoms with Gasteiger partial charge in [0.25, 0.3) is 0 Å². The van der Waals surface area contributed by atoms with Crippen LogP contribution in [0.15, 0.2) is 39.3 Å². The maximum Gasteiger partial charge on any atom is 0.128 e. The third-order valence-electron chi connectivity index (χ3n) is 3.08. The Morgan fingerprint density at radius 1 is 1.11 bits per heavy atom. The summed E-state index contributed by atoms with van der Waals surface area (Å²) in [5, 5.41) is 0. The number of aryl methyl sites for hydroxylation is 2. The molecule has 0 heterocycles. The van der Waals surface area contributed by atoms with E-state index in [9.17, 15) is 4.39 Å².